The zero-order valence-corrected chi connectivity index (χ0v) is 13.0. The van der Waals surface area contributed by atoms with Crippen LogP contribution in [0.3, 0.4) is 0 Å². The average Bonchev–Trinajstić information content (AvgIpc) is 2.75. The number of hydrogen-bond acceptors (Lipinski definition) is 2. The van der Waals surface area contributed by atoms with Crippen molar-refractivity contribution in [1.29, 1.82) is 0 Å². The molecule has 0 aromatic carbocycles. The quantitative estimate of drug-likeness (QED) is 0.612. The van der Waals surface area contributed by atoms with Crippen molar-refractivity contribution in [2.75, 3.05) is 6.54 Å². The maximum absolute atomic E-state index is 4.60. The van der Waals surface area contributed by atoms with Gasteiger partial charge in [-0.1, -0.05) is 46.0 Å². The molecule has 1 rings (SSSR count). The van der Waals surface area contributed by atoms with Gasteiger partial charge in [-0.05, 0) is 26.3 Å². The van der Waals surface area contributed by atoms with Gasteiger partial charge in [0.15, 0.2) is 0 Å². The molecule has 0 unspecified atom stereocenters. The fraction of sp³-hybridized carbons (Fsp3) is 0.812. The van der Waals surface area contributed by atoms with Gasteiger partial charge in [-0.25, -0.2) is 0 Å². The van der Waals surface area contributed by atoms with Gasteiger partial charge in [-0.2, -0.15) is 5.10 Å². The third-order valence-corrected chi connectivity index (χ3v) is 3.53. The van der Waals surface area contributed by atoms with E-state index in [1.165, 1.54) is 56.2 Å². The monoisotopic (exact) mass is 265 g/mol. The highest BCUT2D eigenvalue weighted by Gasteiger charge is 2.03. The SMILES string of the molecule is CCCCCCCCn1cc(CNCCC)c(C)n1. The van der Waals surface area contributed by atoms with E-state index >= 15 is 0 Å². The minimum atomic E-state index is 0.955. The summed E-state index contributed by atoms with van der Waals surface area (Å²) < 4.78 is 2.12. The molecular weight excluding hydrogens is 234 g/mol. The van der Waals surface area contributed by atoms with Gasteiger partial charge in [0.1, 0.15) is 0 Å². The number of aryl methyl sites for hydroxylation is 2. The summed E-state index contributed by atoms with van der Waals surface area (Å²) in [5, 5.41) is 8.04. The van der Waals surface area contributed by atoms with Crippen LogP contribution in [0.4, 0.5) is 0 Å². The van der Waals surface area contributed by atoms with E-state index in [0.717, 1.165) is 19.6 Å². The number of rotatable bonds is 11. The summed E-state index contributed by atoms with van der Waals surface area (Å²) >= 11 is 0. The molecule has 1 N–H and O–H groups in total. The Labute approximate surface area is 118 Å². The first kappa shape index (κ1) is 16.2. The molecule has 1 heterocycles. The van der Waals surface area contributed by atoms with Gasteiger partial charge in [-0.3, -0.25) is 4.68 Å². The molecule has 1 aromatic rings. The maximum atomic E-state index is 4.60. The third kappa shape index (κ3) is 6.76. The average molecular weight is 265 g/mol. The molecule has 0 saturated carbocycles. The van der Waals surface area contributed by atoms with Crippen molar-refractivity contribution in [3.63, 3.8) is 0 Å². The second-order valence-corrected chi connectivity index (χ2v) is 5.45. The highest BCUT2D eigenvalue weighted by atomic mass is 15.3. The Morgan fingerprint density at radius 3 is 2.53 bits per heavy atom. The van der Waals surface area contributed by atoms with Crippen molar-refractivity contribution < 1.29 is 0 Å². The van der Waals surface area contributed by atoms with Crippen molar-refractivity contribution in [1.82, 2.24) is 15.1 Å². The fourth-order valence-corrected chi connectivity index (χ4v) is 2.30. The van der Waals surface area contributed by atoms with E-state index in [4.69, 9.17) is 0 Å². The largest absolute Gasteiger partial charge is 0.313 e. The Morgan fingerprint density at radius 2 is 1.79 bits per heavy atom. The van der Waals surface area contributed by atoms with Crippen LogP contribution in [0.5, 0.6) is 0 Å². The fourth-order valence-electron chi connectivity index (χ4n) is 2.30. The van der Waals surface area contributed by atoms with E-state index in [1.54, 1.807) is 0 Å². The summed E-state index contributed by atoms with van der Waals surface area (Å²) in [6, 6.07) is 0. The van der Waals surface area contributed by atoms with Crippen LogP contribution in [0.15, 0.2) is 6.20 Å². The van der Waals surface area contributed by atoms with E-state index in [2.05, 4.69) is 42.1 Å². The number of nitrogens with one attached hydrogen (secondary N) is 1. The molecule has 0 radical (unpaired) electrons. The molecule has 0 aliphatic rings. The summed E-state index contributed by atoms with van der Waals surface area (Å²) in [5.41, 5.74) is 2.52. The van der Waals surface area contributed by atoms with Crippen LogP contribution in [0.25, 0.3) is 0 Å². The molecule has 1 aromatic heterocycles. The predicted molar refractivity (Wildman–Crippen MR) is 82.3 cm³/mol. The minimum Gasteiger partial charge on any atom is -0.313 e. The molecule has 0 spiro atoms. The number of nitrogens with zero attached hydrogens (tertiary/aromatic N) is 2. The van der Waals surface area contributed by atoms with Gasteiger partial charge in [0.25, 0.3) is 0 Å². The van der Waals surface area contributed by atoms with E-state index in [1.807, 2.05) is 0 Å². The first-order valence-corrected chi connectivity index (χ1v) is 8.01. The lowest BCUT2D eigenvalue weighted by Crippen LogP contribution is -2.13. The Kier molecular flexibility index (Phi) is 8.55. The molecule has 0 fully saturated rings. The first-order valence-electron chi connectivity index (χ1n) is 8.01. The Bertz CT molecular complexity index is 331. The smallest absolute Gasteiger partial charge is 0.0638 e. The first-order chi connectivity index (χ1) is 9.27. The van der Waals surface area contributed by atoms with Crippen molar-refractivity contribution >= 4 is 0 Å². The molecule has 110 valence electrons. The van der Waals surface area contributed by atoms with Crippen LogP contribution < -0.4 is 5.32 Å². The molecule has 3 heteroatoms. The van der Waals surface area contributed by atoms with Gasteiger partial charge in [0.2, 0.25) is 0 Å². The molecule has 3 nitrogen and oxygen atoms in total. The zero-order valence-electron chi connectivity index (χ0n) is 13.0. The van der Waals surface area contributed by atoms with E-state index in [0.29, 0.717) is 0 Å². The minimum absolute atomic E-state index is 0.955. The van der Waals surface area contributed by atoms with Gasteiger partial charge >= 0.3 is 0 Å². The summed E-state index contributed by atoms with van der Waals surface area (Å²) in [7, 11) is 0. The van der Waals surface area contributed by atoms with Gasteiger partial charge in [-0.15, -0.1) is 0 Å². The second-order valence-electron chi connectivity index (χ2n) is 5.45. The molecule has 0 aliphatic carbocycles. The summed E-state index contributed by atoms with van der Waals surface area (Å²) in [6.07, 6.45) is 11.5. The predicted octanol–water partition coefficient (Wildman–Crippen LogP) is 4.05. The van der Waals surface area contributed by atoms with Gasteiger partial charge < -0.3 is 5.32 Å². The third-order valence-electron chi connectivity index (χ3n) is 3.53. The van der Waals surface area contributed by atoms with Crippen molar-refractivity contribution in [2.24, 2.45) is 0 Å². The second kappa shape index (κ2) is 10.0. The summed E-state index contributed by atoms with van der Waals surface area (Å²) in [4.78, 5) is 0. The van der Waals surface area contributed by atoms with Crippen LogP contribution >= 0.6 is 0 Å². The van der Waals surface area contributed by atoms with Crippen molar-refractivity contribution in [3.8, 4) is 0 Å². The van der Waals surface area contributed by atoms with Crippen LogP contribution in [0, 0.1) is 6.92 Å². The topological polar surface area (TPSA) is 29.9 Å². The summed E-state index contributed by atoms with van der Waals surface area (Å²) in [6.45, 7) is 9.68. The molecule has 0 saturated heterocycles. The lowest BCUT2D eigenvalue weighted by atomic mass is 10.1. The van der Waals surface area contributed by atoms with Crippen molar-refractivity contribution in [3.05, 3.63) is 17.5 Å². The Balaban J connectivity index is 2.21. The standard InChI is InChI=1S/C16H31N3/c1-4-6-7-8-9-10-12-19-14-16(15(3)18-19)13-17-11-5-2/h14,17H,4-13H2,1-3H3. The lowest BCUT2D eigenvalue weighted by molar-refractivity contribution is 0.525. The van der Waals surface area contributed by atoms with E-state index in [-0.39, 0.29) is 0 Å². The molecule has 0 aliphatic heterocycles. The van der Waals surface area contributed by atoms with E-state index < -0.39 is 0 Å². The number of hydrogen-bond donors (Lipinski definition) is 1. The summed E-state index contributed by atoms with van der Waals surface area (Å²) in [5.74, 6) is 0. The number of aromatic nitrogens is 2. The van der Waals surface area contributed by atoms with Crippen LogP contribution in [-0.2, 0) is 13.1 Å². The molecule has 19 heavy (non-hydrogen) atoms. The highest BCUT2D eigenvalue weighted by molar-refractivity contribution is 5.14. The van der Waals surface area contributed by atoms with Crippen LogP contribution in [0.2, 0.25) is 0 Å². The Morgan fingerprint density at radius 1 is 1.05 bits per heavy atom. The normalized spacial score (nSPS) is 11.1. The molecule has 0 bridgehead atoms. The molecular formula is C16H31N3. The molecule has 0 amide bonds. The highest BCUT2D eigenvalue weighted by Crippen LogP contribution is 2.09. The number of unbranched alkanes of at least 4 members (excludes halogenated alkanes) is 5. The zero-order chi connectivity index (χ0) is 13.9. The van der Waals surface area contributed by atoms with Gasteiger partial charge in [0, 0.05) is 24.8 Å². The van der Waals surface area contributed by atoms with Crippen molar-refractivity contribution in [2.45, 2.75) is 78.8 Å². The lowest BCUT2D eigenvalue weighted by Gasteiger charge is -2.02. The Hall–Kier alpha value is -0.830. The van der Waals surface area contributed by atoms with Gasteiger partial charge in [0.05, 0.1) is 5.69 Å². The molecule has 0 atom stereocenters. The maximum Gasteiger partial charge on any atom is 0.0638 e. The van der Waals surface area contributed by atoms with Crippen LogP contribution in [0.1, 0.15) is 70.1 Å². The van der Waals surface area contributed by atoms with E-state index in [9.17, 15) is 0 Å². The van der Waals surface area contributed by atoms with Crippen LogP contribution in [-0.4, -0.2) is 16.3 Å².